The van der Waals surface area contributed by atoms with Crippen LogP contribution in [0.15, 0.2) is 83.5 Å². The molecule has 3 atom stereocenters. The van der Waals surface area contributed by atoms with Crippen molar-refractivity contribution in [2.75, 3.05) is 39.4 Å². The van der Waals surface area contributed by atoms with Crippen molar-refractivity contribution in [3.8, 4) is 11.5 Å². The van der Waals surface area contributed by atoms with E-state index in [0.29, 0.717) is 0 Å². The van der Waals surface area contributed by atoms with Crippen molar-refractivity contribution in [1.82, 2.24) is 0 Å². The van der Waals surface area contributed by atoms with Crippen molar-refractivity contribution < 1.29 is 19.3 Å². The zero-order chi connectivity index (χ0) is 25.2. The molecule has 1 N–H and O–H groups in total. The number of benzene rings is 3. The Morgan fingerprint density at radius 1 is 0.972 bits per heavy atom. The number of nitro groups is 1. The van der Waals surface area contributed by atoms with Gasteiger partial charge < -0.3 is 14.4 Å². The van der Waals surface area contributed by atoms with Gasteiger partial charge in [-0.3, -0.25) is 15.1 Å². The van der Waals surface area contributed by atoms with Crippen LogP contribution in [-0.4, -0.2) is 45.0 Å². The predicted molar refractivity (Wildman–Crippen MR) is 140 cm³/mol. The summed E-state index contributed by atoms with van der Waals surface area (Å²) in [5.74, 6) is 1.78. The molecule has 36 heavy (non-hydrogen) atoms. The number of likely N-dealkylation sites (tertiary alicyclic amines) is 1. The number of nitro benzene ring substituents is 1. The molecule has 0 aromatic heterocycles. The fraction of sp³-hybridized carbons (Fsp3) is 0.250. The number of hydrogen-bond donors (Lipinski definition) is 1. The second-order valence-electron chi connectivity index (χ2n) is 9.21. The summed E-state index contributed by atoms with van der Waals surface area (Å²) in [6.45, 7) is 1.80. The summed E-state index contributed by atoms with van der Waals surface area (Å²) in [6, 6.07) is 22.7. The van der Waals surface area contributed by atoms with Crippen LogP contribution in [0.2, 0.25) is 0 Å². The number of hydrazone groups is 1. The Hall–Kier alpha value is -4.17. The Balaban J connectivity index is 1.58. The molecule has 2 aliphatic heterocycles. The average Bonchev–Trinajstić information content (AvgIpc) is 3.28. The number of anilines is 1. The highest BCUT2D eigenvalue weighted by atomic mass is 16.6. The lowest BCUT2D eigenvalue weighted by Gasteiger charge is -2.32. The van der Waals surface area contributed by atoms with Gasteiger partial charge in [0.2, 0.25) is 0 Å². The molecule has 0 radical (unpaired) electrons. The molecule has 8 heteroatoms. The Morgan fingerprint density at radius 2 is 1.58 bits per heavy atom. The summed E-state index contributed by atoms with van der Waals surface area (Å²) < 4.78 is 10.7. The Morgan fingerprint density at radius 3 is 2.17 bits per heavy atom. The number of quaternary nitrogens is 1. The monoisotopic (exact) mass is 485 g/mol. The number of hydrogen-bond acceptors (Lipinski definition) is 6. The van der Waals surface area contributed by atoms with Gasteiger partial charge in [-0.25, -0.2) is 0 Å². The number of methoxy groups -OCH3 is 2. The first kappa shape index (κ1) is 23.6. The van der Waals surface area contributed by atoms with Crippen molar-refractivity contribution in [3.05, 3.63) is 99.6 Å². The van der Waals surface area contributed by atoms with Gasteiger partial charge in [0.05, 0.1) is 56.1 Å². The lowest BCUT2D eigenvalue weighted by Crippen LogP contribution is -3.11. The molecule has 184 valence electrons. The first-order chi connectivity index (χ1) is 17.5. The largest absolute Gasteiger partial charge is 0.497 e. The molecule has 5 rings (SSSR count). The van der Waals surface area contributed by atoms with E-state index in [4.69, 9.17) is 14.6 Å². The number of non-ortho nitro benzene ring substituents is 1. The molecule has 1 fully saturated rings. The maximum Gasteiger partial charge on any atom is 0.269 e. The summed E-state index contributed by atoms with van der Waals surface area (Å²) in [6.07, 6.45) is 2.21. The van der Waals surface area contributed by atoms with Gasteiger partial charge >= 0.3 is 0 Å². The molecule has 3 aromatic carbocycles. The lowest BCUT2D eigenvalue weighted by atomic mass is 9.83. The molecule has 1 saturated heterocycles. The van der Waals surface area contributed by atoms with E-state index in [9.17, 15) is 10.1 Å². The minimum atomic E-state index is -0.381. The lowest BCUT2D eigenvalue weighted by molar-refractivity contribution is -0.878. The van der Waals surface area contributed by atoms with E-state index in [0.717, 1.165) is 47.1 Å². The summed E-state index contributed by atoms with van der Waals surface area (Å²) >= 11 is 0. The molecular weight excluding hydrogens is 456 g/mol. The van der Waals surface area contributed by atoms with Crippen molar-refractivity contribution in [1.29, 1.82) is 0 Å². The van der Waals surface area contributed by atoms with Crippen LogP contribution in [0.4, 0.5) is 11.4 Å². The van der Waals surface area contributed by atoms with Crippen LogP contribution < -0.4 is 19.4 Å². The molecule has 0 bridgehead atoms. The van der Waals surface area contributed by atoms with E-state index in [1.54, 1.807) is 26.4 Å². The third kappa shape index (κ3) is 4.55. The molecule has 0 amide bonds. The fourth-order valence-corrected chi connectivity index (χ4v) is 5.09. The average molecular weight is 486 g/mol. The van der Waals surface area contributed by atoms with Crippen LogP contribution in [0.1, 0.15) is 17.2 Å². The van der Waals surface area contributed by atoms with E-state index >= 15 is 0 Å². The Labute approximate surface area is 210 Å². The van der Waals surface area contributed by atoms with Crippen molar-refractivity contribution >= 4 is 23.2 Å². The van der Waals surface area contributed by atoms with Gasteiger partial charge in [-0.2, -0.15) is 5.10 Å². The van der Waals surface area contributed by atoms with Gasteiger partial charge in [0.1, 0.15) is 18.0 Å². The van der Waals surface area contributed by atoms with Gasteiger partial charge in [-0.05, 0) is 53.6 Å². The highest BCUT2D eigenvalue weighted by Crippen LogP contribution is 2.42. The zero-order valence-electron chi connectivity index (χ0n) is 20.5. The number of piperidine rings is 1. The molecular formula is C28H29N4O4+. The highest BCUT2D eigenvalue weighted by Gasteiger charge is 2.45. The Kier molecular flexibility index (Phi) is 6.43. The van der Waals surface area contributed by atoms with Gasteiger partial charge in [-0.1, -0.05) is 24.3 Å². The number of rotatable bonds is 6. The maximum atomic E-state index is 11.2. The smallest absolute Gasteiger partial charge is 0.269 e. The number of nitrogens with one attached hydrogen (secondary N) is 1. The second-order valence-corrected chi connectivity index (χ2v) is 9.21. The second kappa shape index (κ2) is 9.83. The van der Waals surface area contributed by atoms with Crippen LogP contribution in [0.5, 0.6) is 11.5 Å². The zero-order valence-corrected chi connectivity index (χ0v) is 20.5. The minimum Gasteiger partial charge on any atom is -0.497 e. The van der Waals surface area contributed by atoms with Crippen LogP contribution in [0.25, 0.3) is 6.08 Å². The molecule has 3 aromatic rings. The van der Waals surface area contributed by atoms with Crippen LogP contribution in [-0.2, 0) is 0 Å². The van der Waals surface area contributed by atoms with Gasteiger partial charge in [-0.15, -0.1) is 0 Å². The summed E-state index contributed by atoms with van der Waals surface area (Å²) in [5.41, 5.74) is 5.36. The number of likely N-dealkylation sites (N-methyl/N-ethyl adjacent to an activating group) is 1. The Bertz CT molecular complexity index is 1300. The molecule has 2 aliphatic rings. The van der Waals surface area contributed by atoms with Gasteiger partial charge in [0.25, 0.3) is 5.69 Å². The van der Waals surface area contributed by atoms with Crippen molar-refractivity contribution in [2.24, 2.45) is 11.0 Å². The van der Waals surface area contributed by atoms with Crippen LogP contribution >= 0.6 is 0 Å². The SMILES string of the molecule is COc1ccc(/C=C2/C[NH+](C)CC3C2=NN(c2ccc([N+](=O)[O-])cc2)C3c2ccc(OC)cc2)cc1. The van der Waals surface area contributed by atoms with Crippen LogP contribution in [0.3, 0.4) is 0 Å². The maximum absolute atomic E-state index is 11.2. The molecule has 0 aliphatic carbocycles. The number of fused-ring (bicyclic) bond motifs is 1. The fourth-order valence-electron chi connectivity index (χ4n) is 5.09. The van der Waals surface area contributed by atoms with E-state index in [1.165, 1.54) is 22.6 Å². The topological polar surface area (TPSA) is 81.6 Å². The standard InChI is InChI=1S/C28H28N4O4/c1-30-17-21(16-19-4-12-24(35-2)13-5-19)27-26(18-30)28(20-6-14-25(36-3)15-7-20)31(29-27)22-8-10-23(11-9-22)32(33)34/h4-16,26,28H,17-18H2,1-3H3/p+1/b21-16-. The molecule has 3 unspecified atom stereocenters. The van der Waals surface area contributed by atoms with Crippen LogP contribution in [0, 0.1) is 16.0 Å². The molecule has 0 saturated carbocycles. The molecule has 2 heterocycles. The summed E-state index contributed by atoms with van der Waals surface area (Å²) in [4.78, 5) is 12.2. The van der Waals surface area contributed by atoms with E-state index < -0.39 is 0 Å². The summed E-state index contributed by atoms with van der Waals surface area (Å²) in [5, 5.41) is 18.4. The van der Waals surface area contributed by atoms with Crippen molar-refractivity contribution in [3.63, 3.8) is 0 Å². The van der Waals surface area contributed by atoms with E-state index in [2.05, 4.69) is 37.4 Å². The number of nitrogens with zero attached hydrogens (tertiary/aromatic N) is 3. The first-order valence-corrected chi connectivity index (χ1v) is 11.9. The normalized spacial score (nSPS) is 22.2. The minimum absolute atomic E-state index is 0.0399. The third-order valence-electron chi connectivity index (χ3n) is 6.84. The van der Waals surface area contributed by atoms with Gasteiger partial charge in [0, 0.05) is 17.7 Å². The van der Waals surface area contributed by atoms with E-state index in [1.807, 2.05) is 29.3 Å². The van der Waals surface area contributed by atoms with Gasteiger partial charge in [0.15, 0.2) is 0 Å². The molecule has 0 spiro atoms. The highest BCUT2D eigenvalue weighted by molar-refractivity contribution is 6.08. The molecule has 8 nitrogen and oxygen atoms in total. The third-order valence-corrected chi connectivity index (χ3v) is 6.84. The van der Waals surface area contributed by atoms with E-state index in [-0.39, 0.29) is 22.6 Å². The van der Waals surface area contributed by atoms with Crippen molar-refractivity contribution in [2.45, 2.75) is 6.04 Å². The predicted octanol–water partition coefficient (Wildman–Crippen LogP) is 3.76. The summed E-state index contributed by atoms with van der Waals surface area (Å²) in [7, 11) is 5.53. The first-order valence-electron chi connectivity index (χ1n) is 11.9. The number of ether oxygens (including phenoxy) is 2. The quantitative estimate of drug-likeness (QED) is 0.425.